The molecule has 0 bridgehead atoms. The molecule has 1 atom stereocenters. The predicted molar refractivity (Wildman–Crippen MR) is 116 cm³/mol. The largest absolute Gasteiger partial charge is 0.497 e. The van der Waals surface area contributed by atoms with Crippen molar-refractivity contribution in [2.75, 3.05) is 7.11 Å². The molecule has 1 unspecified atom stereocenters. The van der Waals surface area contributed by atoms with E-state index in [2.05, 4.69) is 56.3 Å². The Kier molecular flexibility index (Phi) is 7.38. The quantitative estimate of drug-likeness (QED) is 0.471. The molecule has 1 aliphatic rings. The van der Waals surface area contributed by atoms with E-state index in [1.54, 1.807) is 12.7 Å². The van der Waals surface area contributed by atoms with Gasteiger partial charge in [-0.05, 0) is 78.7 Å². The van der Waals surface area contributed by atoms with Gasteiger partial charge in [-0.15, -0.1) is 0 Å². The molecule has 2 aromatic carbocycles. The molecule has 0 amide bonds. The number of ether oxygens (including phenoxy) is 1. The topological polar surface area (TPSA) is 9.23 Å². The molecule has 1 aliphatic carbocycles. The van der Waals surface area contributed by atoms with Crippen molar-refractivity contribution in [3.8, 4) is 5.75 Å². The van der Waals surface area contributed by atoms with Crippen molar-refractivity contribution >= 4 is 0 Å². The van der Waals surface area contributed by atoms with Crippen LogP contribution in [0.25, 0.3) is 0 Å². The van der Waals surface area contributed by atoms with Crippen molar-refractivity contribution in [2.45, 2.75) is 77.0 Å². The standard InChI is InChI=1S/C26H36O/c1-4-5-7-21-10-14-23(15-11-21)24-16-12-22(13-17-24)18-20(2)25-8-6-9-26(19-25)27-3/h6,8-9,12-13,16-17,19-21,23H,4-5,7,10-11,14-15,18H2,1-3H3. The van der Waals surface area contributed by atoms with Crippen LogP contribution in [0.5, 0.6) is 5.75 Å². The maximum Gasteiger partial charge on any atom is 0.119 e. The normalized spacial score (nSPS) is 21.0. The number of hydrogen-bond donors (Lipinski definition) is 0. The number of rotatable bonds is 8. The van der Waals surface area contributed by atoms with E-state index in [1.165, 1.54) is 56.1 Å². The van der Waals surface area contributed by atoms with Crippen LogP contribution in [0.3, 0.4) is 0 Å². The van der Waals surface area contributed by atoms with Crippen molar-refractivity contribution in [3.63, 3.8) is 0 Å². The Morgan fingerprint density at radius 2 is 1.74 bits per heavy atom. The Bertz CT molecular complexity index is 680. The number of hydrogen-bond acceptors (Lipinski definition) is 1. The fourth-order valence-corrected chi connectivity index (χ4v) is 4.62. The molecule has 0 aliphatic heterocycles. The monoisotopic (exact) mass is 364 g/mol. The zero-order valence-corrected chi connectivity index (χ0v) is 17.4. The van der Waals surface area contributed by atoms with Gasteiger partial charge in [0.15, 0.2) is 0 Å². The molecule has 0 heterocycles. The van der Waals surface area contributed by atoms with E-state index in [1.807, 2.05) is 6.07 Å². The van der Waals surface area contributed by atoms with Gasteiger partial charge in [0.2, 0.25) is 0 Å². The molecule has 1 heteroatoms. The summed E-state index contributed by atoms with van der Waals surface area (Å²) in [7, 11) is 1.74. The van der Waals surface area contributed by atoms with Gasteiger partial charge in [-0.2, -0.15) is 0 Å². The van der Waals surface area contributed by atoms with Crippen molar-refractivity contribution in [3.05, 3.63) is 65.2 Å². The molecule has 0 spiro atoms. The number of benzene rings is 2. The van der Waals surface area contributed by atoms with Gasteiger partial charge in [-0.1, -0.05) is 69.5 Å². The Hall–Kier alpha value is -1.76. The SMILES string of the molecule is CCCCC1CCC(c2ccc(CC(C)c3cccc(OC)c3)cc2)CC1. The molecule has 0 N–H and O–H groups in total. The van der Waals surface area contributed by atoms with Gasteiger partial charge < -0.3 is 4.74 Å². The first kappa shape index (κ1) is 20.0. The average Bonchev–Trinajstić information content (AvgIpc) is 2.73. The first-order valence-corrected chi connectivity index (χ1v) is 10.9. The lowest BCUT2D eigenvalue weighted by Crippen LogP contribution is -2.13. The third kappa shape index (κ3) is 5.61. The lowest BCUT2D eigenvalue weighted by molar-refractivity contribution is 0.304. The summed E-state index contributed by atoms with van der Waals surface area (Å²) in [5.41, 5.74) is 4.34. The first-order chi connectivity index (χ1) is 13.2. The van der Waals surface area contributed by atoms with Crippen LogP contribution in [0.1, 0.15) is 87.3 Å². The summed E-state index contributed by atoms with van der Waals surface area (Å²) in [5, 5.41) is 0. The predicted octanol–water partition coefficient (Wildman–Crippen LogP) is 7.51. The van der Waals surface area contributed by atoms with Gasteiger partial charge in [-0.25, -0.2) is 0 Å². The minimum Gasteiger partial charge on any atom is -0.497 e. The van der Waals surface area contributed by atoms with Crippen LogP contribution < -0.4 is 4.74 Å². The number of methoxy groups -OCH3 is 1. The van der Waals surface area contributed by atoms with Crippen LogP contribution in [-0.4, -0.2) is 7.11 Å². The van der Waals surface area contributed by atoms with Crippen molar-refractivity contribution in [1.29, 1.82) is 0 Å². The van der Waals surface area contributed by atoms with E-state index in [-0.39, 0.29) is 0 Å². The molecule has 1 nitrogen and oxygen atoms in total. The molecular formula is C26H36O. The first-order valence-electron chi connectivity index (χ1n) is 10.9. The Labute approximate surface area is 166 Å². The summed E-state index contributed by atoms with van der Waals surface area (Å²) in [4.78, 5) is 0. The smallest absolute Gasteiger partial charge is 0.119 e. The van der Waals surface area contributed by atoms with Crippen molar-refractivity contribution in [1.82, 2.24) is 0 Å². The zero-order valence-electron chi connectivity index (χ0n) is 17.4. The second kappa shape index (κ2) is 9.97. The van der Waals surface area contributed by atoms with E-state index >= 15 is 0 Å². The molecule has 0 radical (unpaired) electrons. The summed E-state index contributed by atoms with van der Waals surface area (Å²) < 4.78 is 5.37. The van der Waals surface area contributed by atoms with Crippen LogP contribution in [-0.2, 0) is 6.42 Å². The highest BCUT2D eigenvalue weighted by molar-refractivity contribution is 5.33. The third-order valence-electron chi connectivity index (χ3n) is 6.47. The zero-order chi connectivity index (χ0) is 19.1. The van der Waals surface area contributed by atoms with Gasteiger partial charge in [0.25, 0.3) is 0 Å². The second-order valence-corrected chi connectivity index (χ2v) is 8.48. The third-order valence-corrected chi connectivity index (χ3v) is 6.47. The molecule has 3 rings (SSSR count). The maximum atomic E-state index is 5.37. The van der Waals surface area contributed by atoms with Crippen LogP contribution in [0, 0.1) is 5.92 Å². The summed E-state index contributed by atoms with van der Waals surface area (Å²) in [6.07, 6.45) is 10.9. The van der Waals surface area contributed by atoms with E-state index in [9.17, 15) is 0 Å². The summed E-state index contributed by atoms with van der Waals surface area (Å²) >= 11 is 0. The van der Waals surface area contributed by atoms with Crippen LogP contribution >= 0.6 is 0 Å². The van der Waals surface area contributed by atoms with Gasteiger partial charge in [0, 0.05) is 0 Å². The highest BCUT2D eigenvalue weighted by Gasteiger charge is 2.22. The van der Waals surface area contributed by atoms with Crippen LogP contribution in [0.15, 0.2) is 48.5 Å². The summed E-state index contributed by atoms with van der Waals surface area (Å²) in [6.45, 7) is 4.61. The Morgan fingerprint density at radius 3 is 2.41 bits per heavy atom. The van der Waals surface area contributed by atoms with E-state index in [0.29, 0.717) is 5.92 Å². The van der Waals surface area contributed by atoms with E-state index in [4.69, 9.17) is 4.74 Å². The molecule has 0 aromatic heterocycles. The van der Waals surface area contributed by atoms with Gasteiger partial charge in [-0.3, -0.25) is 0 Å². The van der Waals surface area contributed by atoms with Crippen LogP contribution in [0.2, 0.25) is 0 Å². The molecule has 1 saturated carbocycles. The lowest BCUT2D eigenvalue weighted by Gasteiger charge is -2.29. The van der Waals surface area contributed by atoms with E-state index < -0.39 is 0 Å². The Morgan fingerprint density at radius 1 is 1.00 bits per heavy atom. The highest BCUT2D eigenvalue weighted by Crippen LogP contribution is 2.38. The van der Waals surface area contributed by atoms with Gasteiger partial charge in [0.1, 0.15) is 5.75 Å². The van der Waals surface area contributed by atoms with Gasteiger partial charge in [0.05, 0.1) is 7.11 Å². The number of unbranched alkanes of at least 4 members (excludes halogenated alkanes) is 1. The maximum absolute atomic E-state index is 5.37. The molecule has 0 saturated heterocycles. The summed E-state index contributed by atoms with van der Waals surface area (Å²) in [6, 6.07) is 18.0. The van der Waals surface area contributed by atoms with Crippen molar-refractivity contribution < 1.29 is 4.74 Å². The second-order valence-electron chi connectivity index (χ2n) is 8.48. The summed E-state index contributed by atoms with van der Waals surface area (Å²) in [5.74, 6) is 3.22. The minimum absolute atomic E-state index is 0.500. The molecule has 1 fully saturated rings. The van der Waals surface area contributed by atoms with Crippen LogP contribution in [0.4, 0.5) is 0 Å². The average molecular weight is 365 g/mol. The minimum atomic E-state index is 0.500. The fraction of sp³-hybridized carbons (Fsp3) is 0.538. The Balaban J connectivity index is 1.54. The van der Waals surface area contributed by atoms with Gasteiger partial charge >= 0.3 is 0 Å². The molecule has 2 aromatic rings. The molecule has 27 heavy (non-hydrogen) atoms. The van der Waals surface area contributed by atoms with Crippen molar-refractivity contribution in [2.24, 2.45) is 5.92 Å². The molecule has 146 valence electrons. The van der Waals surface area contributed by atoms with E-state index in [0.717, 1.165) is 24.0 Å². The lowest BCUT2D eigenvalue weighted by atomic mass is 9.77. The molecular weight excluding hydrogens is 328 g/mol. The highest BCUT2D eigenvalue weighted by atomic mass is 16.5. The fourth-order valence-electron chi connectivity index (χ4n) is 4.62.